The maximum Gasteiger partial charge on any atom is 0.196 e. The molecule has 0 aliphatic rings. The monoisotopic (exact) mass is 155 g/mol. The fourth-order valence-electron chi connectivity index (χ4n) is 0.865. The molecule has 0 bridgehead atoms. The fourth-order valence-corrected chi connectivity index (χ4v) is 0.865. The summed E-state index contributed by atoms with van der Waals surface area (Å²) in [4.78, 5) is 1.89. The van der Waals surface area contributed by atoms with Crippen molar-refractivity contribution >= 4 is 5.82 Å². The van der Waals surface area contributed by atoms with Crippen molar-refractivity contribution in [2.75, 3.05) is 19.0 Å². The van der Waals surface area contributed by atoms with Gasteiger partial charge < -0.3 is 4.90 Å². The first-order valence-corrected chi connectivity index (χ1v) is 3.62. The molecule has 0 amide bonds. The predicted molar refractivity (Wildman–Crippen MR) is 42.7 cm³/mol. The highest BCUT2D eigenvalue weighted by Crippen LogP contribution is 2.20. The van der Waals surface area contributed by atoms with E-state index in [0.717, 1.165) is 11.5 Å². The number of anilines is 1. The van der Waals surface area contributed by atoms with Crippen LogP contribution in [0.5, 0.6) is 0 Å². The van der Waals surface area contributed by atoms with E-state index in [1.165, 1.54) is 0 Å². The van der Waals surface area contributed by atoms with Crippen LogP contribution in [0.15, 0.2) is 4.63 Å². The first kappa shape index (κ1) is 8.04. The van der Waals surface area contributed by atoms with Crippen LogP contribution in [-0.4, -0.2) is 24.4 Å². The lowest BCUT2D eigenvalue weighted by atomic mass is 10.1. The van der Waals surface area contributed by atoms with E-state index in [1.54, 1.807) is 0 Å². The summed E-state index contributed by atoms with van der Waals surface area (Å²) in [7, 11) is 3.84. The summed E-state index contributed by atoms with van der Waals surface area (Å²) in [6.45, 7) is 4.12. The van der Waals surface area contributed by atoms with Crippen molar-refractivity contribution in [1.82, 2.24) is 10.3 Å². The molecule has 0 fully saturated rings. The lowest BCUT2D eigenvalue weighted by molar-refractivity contribution is 0.302. The highest BCUT2D eigenvalue weighted by Gasteiger charge is 2.14. The summed E-state index contributed by atoms with van der Waals surface area (Å²) >= 11 is 0. The number of hydrogen-bond acceptors (Lipinski definition) is 4. The Hall–Kier alpha value is -1.06. The van der Waals surface area contributed by atoms with Crippen molar-refractivity contribution in [3.05, 3.63) is 5.69 Å². The lowest BCUT2D eigenvalue weighted by Gasteiger charge is -2.09. The molecule has 0 spiro atoms. The van der Waals surface area contributed by atoms with Gasteiger partial charge in [-0.05, 0) is 5.16 Å². The van der Waals surface area contributed by atoms with Gasteiger partial charge in [-0.2, -0.15) is 0 Å². The van der Waals surface area contributed by atoms with Crippen molar-refractivity contribution < 1.29 is 4.63 Å². The molecule has 1 rings (SSSR count). The zero-order valence-electron chi connectivity index (χ0n) is 7.33. The number of hydrogen-bond donors (Lipinski definition) is 0. The quantitative estimate of drug-likeness (QED) is 0.644. The number of aromatic nitrogens is 2. The Morgan fingerprint density at radius 2 is 1.91 bits per heavy atom. The molecule has 0 saturated heterocycles. The molecule has 0 radical (unpaired) electrons. The van der Waals surface area contributed by atoms with Gasteiger partial charge in [0.05, 0.1) is 0 Å². The molecule has 0 aliphatic heterocycles. The second-order valence-corrected chi connectivity index (χ2v) is 3.02. The third-order valence-corrected chi connectivity index (χ3v) is 1.47. The topological polar surface area (TPSA) is 42.2 Å². The van der Waals surface area contributed by atoms with Gasteiger partial charge in [-0.25, -0.2) is 4.63 Å². The largest absolute Gasteiger partial charge is 0.358 e. The normalized spacial score (nSPS) is 10.6. The molecule has 0 aromatic carbocycles. The fraction of sp³-hybridized carbons (Fsp3) is 0.714. The standard InChI is InChI=1S/C7H13N3O/c1-5(2)6-7(10(3)4)9-11-8-6/h5H,1-4H3. The molecule has 1 heterocycles. The van der Waals surface area contributed by atoms with E-state index < -0.39 is 0 Å². The Labute approximate surface area is 66.2 Å². The zero-order chi connectivity index (χ0) is 8.43. The SMILES string of the molecule is CC(C)c1nonc1N(C)C. The Kier molecular flexibility index (Phi) is 2.12. The Bertz CT molecular complexity index is 207. The highest BCUT2D eigenvalue weighted by atomic mass is 16.6. The van der Waals surface area contributed by atoms with Crippen LogP contribution in [0.2, 0.25) is 0 Å². The Balaban J connectivity index is 2.96. The van der Waals surface area contributed by atoms with Gasteiger partial charge >= 0.3 is 0 Å². The van der Waals surface area contributed by atoms with E-state index in [1.807, 2.05) is 19.0 Å². The van der Waals surface area contributed by atoms with Gasteiger partial charge in [0.1, 0.15) is 5.69 Å². The zero-order valence-corrected chi connectivity index (χ0v) is 7.33. The van der Waals surface area contributed by atoms with E-state index >= 15 is 0 Å². The summed E-state index contributed by atoms with van der Waals surface area (Å²) in [5, 5.41) is 7.59. The van der Waals surface area contributed by atoms with Crippen LogP contribution >= 0.6 is 0 Å². The highest BCUT2D eigenvalue weighted by molar-refractivity contribution is 5.41. The van der Waals surface area contributed by atoms with Crippen molar-refractivity contribution in [3.8, 4) is 0 Å². The lowest BCUT2D eigenvalue weighted by Crippen LogP contribution is -2.11. The third kappa shape index (κ3) is 1.50. The molecular formula is C7H13N3O. The van der Waals surface area contributed by atoms with Crippen LogP contribution in [0, 0.1) is 0 Å². The van der Waals surface area contributed by atoms with E-state index in [-0.39, 0.29) is 0 Å². The summed E-state index contributed by atoms with van der Waals surface area (Å²) in [5.41, 5.74) is 0.912. The average Bonchev–Trinajstić information content (AvgIpc) is 2.32. The maximum absolute atomic E-state index is 4.63. The third-order valence-electron chi connectivity index (χ3n) is 1.47. The summed E-state index contributed by atoms with van der Waals surface area (Å²) in [6.07, 6.45) is 0. The van der Waals surface area contributed by atoms with Gasteiger partial charge in [-0.15, -0.1) is 0 Å². The van der Waals surface area contributed by atoms with Gasteiger partial charge in [-0.3, -0.25) is 0 Å². The summed E-state index contributed by atoms with van der Waals surface area (Å²) in [6, 6.07) is 0. The predicted octanol–water partition coefficient (Wildman–Crippen LogP) is 1.26. The number of nitrogens with zero attached hydrogens (tertiary/aromatic N) is 3. The molecule has 1 aromatic rings. The van der Waals surface area contributed by atoms with Crippen molar-refractivity contribution in [3.63, 3.8) is 0 Å². The molecule has 0 saturated carbocycles. The molecule has 1 aromatic heterocycles. The number of rotatable bonds is 2. The van der Waals surface area contributed by atoms with Gasteiger partial charge in [0.2, 0.25) is 0 Å². The molecular weight excluding hydrogens is 142 g/mol. The van der Waals surface area contributed by atoms with Gasteiger partial charge in [0.25, 0.3) is 0 Å². The summed E-state index contributed by atoms with van der Waals surface area (Å²) in [5.74, 6) is 1.18. The van der Waals surface area contributed by atoms with Gasteiger partial charge in [0, 0.05) is 20.0 Å². The van der Waals surface area contributed by atoms with Crippen molar-refractivity contribution in [1.29, 1.82) is 0 Å². The van der Waals surface area contributed by atoms with E-state index in [0.29, 0.717) is 5.92 Å². The maximum atomic E-state index is 4.63. The smallest absolute Gasteiger partial charge is 0.196 e. The second kappa shape index (κ2) is 2.90. The molecule has 0 atom stereocenters. The van der Waals surface area contributed by atoms with Gasteiger partial charge in [0.15, 0.2) is 5.82 Å². The molecule has 62 valence electrons. The second-order valence-electron chi connectivity index (χ2n) is 3.02. The van der Waals surface area contributed by atoms with Crippen LogP contribution in [0.1, 0.15) is 25.5 Å². The van der Waals surface area contributed by atoms with Crippen LogP contribution in [0.4, 0.5) is 5.82 Å². The molecule has 0 N–H and O–H groups in total. The molecule has 4 nitrogen and oxygen atoms in total. The van der Waals surface area contributed by atoms with Crippen LogP contribution < -0.4 is 4.90 Å². The van der Waals surface area contributed by atoms with Gasteiger partial charge in [-0.1, -0.05) is 19.0 Å². The van der Waals surface area contributed by atoms with Crippen molar-refractivity contribution in [2.45, 2.75) is 19.8 Å². The van der Waals surface area contributed by atoms with Crippen LogP contribution in [-0.2, 0) is 0 Å². The van der Waals surface area contributed by atoms with E-state index in [9.17, 15) is 0 Å². The molecule has 11 heavy (non-hydrogen) atoms. The molecule has 0 unspecified atom stereocenters. The minimum Gasteiger partial charge on any atom is -0.358 e. The van der Waals surface area contributed by atoms with Crippen LogP contribution in [0.3, 0.4) is 0 Å². The minimum atomic E-state index is 0.360. The van der Waals surface area contributed by atoms with E-state index in [4.69, 9.17) is 0 Å². The molecule has 0 aliphatic carbocycles. The Morgan fingerprint density at radius 3 is 2.27 bits per heavy atom. The average molecular weight is 155 g/mol. The minimum absolute atomic E-state index is 0.360. The van der Waals surface area contributed by atoms with Crippen molar-refractivity contribution in [2.24, 2.45) is 0 Å². The molecule has 4 heteroatoms. The summed E-state index contributed by atoms with van der Waals surface area (Å²) < 4.78 is 4.63. The Morgan fingerprint density at radius 1 is 1.27 bits per heavy atom. The first-order valence-electron chi connectivity index (χ1n) is 3.62. The van der Waals surface area contributed by atoms with Crippen LogP contribution in [0.25, 0.3) is 0 Å². The van der Waals surface area contributed by atoms with E-state index in [2.05, 4.69) is 28.8 Å². The first-order chi connectivity index (χ1) is 5.13.